The van der Waals surface area contributed by atoms with Crippen LogP contribution in [0.25, 0.3) is 0 Å². The average Bonchev–Trinajstić information content (AvgIpc) is 1.97. The number of rotatable bonds is 0. The van der Waals surface area contributed by atoms with Gasteiger partial charge in [0.1, 0.15) is 11.1 Å². The first kappa shape index (κ1) is 8.43. The zero-order chi connectivity index (χ0) is 8.59. The number of Topliss-reactive ketones (excluding diaryl/α,β-unsaturated/α-hetero) is 1. The normalized spacial score (nSPS) is 25.5. The minimum absolute atomic E-state index is 0.203. The molecule has 0 fully saturated rings. The van der Waals surface area contributed by atoms with Crippen molar-refractivity contribution in [3.63, 3.8) is 0 Å². The van der Waals surface area contributed by atoms with Gasteiger partial charge >= 0.3 is 0 Å². The van der Waals surface area contributed by atoms with Crippen molar-refractivity contribution >= 4 is 40.5 Å². The van der Waals surface area contributed by atoms with E-state index in [1.165, 1.54) is 0 Å². The summed E-state index contributed by atoms with van der Waals surface area (Å²) in [4.78, 5) is 21.6. The maximum absolute atomic E-state index is 10.9. The zero-order valence-corrected chi connectivity index (χ0v) is 6.74. The van der Waals surface area contributed by atoms with Gasteiger partial charge in [-0.05, 0) is 0 Å². The van der Waals surface area contributed by atoms with Gasteiger partial charge in [-0.15, -0.1) is 11.6 Å². The van der Waals surface area contributed by atoms with Gasteiger partial charge in [0.25, 0.3) is 0 Å². The Morgan fingerprint density at radius 2 is 2.00 bits per heavy atom. The Bertz CT molecular complexity index is 282. The van der Waals surface area contributed by atoms with E-state index in [9.17, 15) is 9.59 Å². The third-order valence-electron chi connectivity index (χ3n) is 1.24. The molecule has 1 N–H and O–H groups in total. The van der Waals surface area contributed by atoms with Crippen molar-refractivity contribution in [2.24, 2.45) is 0 Å². The van der Waals surface area contributed by atoms with E-state index in [2.05, 4.69) is 0 Å². The molecule has 1 aliphatic carbocycles. The number of carbonyl (C=O) groups is 2. The molecule has 11 heavy (non-hydrogen) atoms. The van der Waals surface area contributed by atoms with Crippen LogP contribution >= 0.6 is 23.2 Å². The Labute approximate surface area is 72.5 Å². The highest BCUT2D eigenvalue weighted by Gasteiger charge is 2.31. The molecule has 0 aliphatic heterocycles. The van der Waals surface area contributed by atoms with Gasteiger partial charge in [-0.25, -0.2) is 0 Å². The molecule has 0 saturated carbocycles. The lowest BCUT2D eigenvalue weighted by molar-refractivity contribution is -0.116. The lowest BCUT2D eigenvalue weighted by Crippen LogP contribution is -2.34. The van der Waals surface area contributed by atoms with E-state index in [1.807, 2.05) is 0 Å². The van der Waals surface area contributed by atoms with Gasteiger partial charge < -0.3 is 0 Å². The molecule has 0 spiro atoms. The van der Waals surface area contributed by atoms with Crippen LogP contribution in [0.2, 0.25) is 0 Å². The predicted molar refractivity (Wildman–Crippen MR) is 41.3 cm³/mol. The van der Waals surface area contributed by atoms with Gasteiger partial charge in [0, 0.05) is 6.08 Å². The smallest absolute Gasteiger partial charge is 0.202 e. The summed E-state index contributed by atoms with van der Waals surface area (Å²) in [5.74, 6) is -1.19. The van der Waals surface area contributed by atoms with Crippen LogP contribution in [0, 0.1) is 5.41 Å². The van der Waals surface area contributed by atoms with Crippen molar-refractivity contribution in [2.45, 2.75) is 5.38 Å². The number of hydrogen-bond acceptors (Lipinski definition) is 3. The largest absolute Gasteiger partial charge is 0.299 e. The molecule has 0 heterocycles. The molecular formula is C6H3Cl2NO2. The molecule has 5 heteroatoms. The van der Waals surface area contributed by atoms with E-state index in [0.29, 0.717) is 0 Å². The standard InChI is InChI=1S/C6H3Cl2NO2/c7-2-1-3(10)5(9)4(8)6(2)11/h1,4,9H. The van der Waals surface area contributed by atoms with Crippen molar-refractivity contribution in [1.82, 2.24) is 0 Å². The van der Waals surface area contributed by atoms with Crippen molar-refractivity contribution in [1.29, 1.82) is 5.41 Å². The van der Waals surface area contributed by atoms with Gasteiger partial charge in [0.2, 0.25) is 5.78 Å². The van der Waals surface area contributed by atoms with Crippen molar-refractivity contribution in [3.8, 4) is 0 Å². The molecule has 3 nitrogen and oxygen atoms in total. The molecule has 0 aromatic rings. The van der Waals surface area contributed by atoms with Crippen LogP contribution in [0.15, 0.2) is 11.1 Å². The van der Waals surface area contributed by atoms with Crippen LogP contribution in [0.5, 0.6) is 0 Å². The lowest BCUT2D eigenvalue weighted by atomic mass is 10.0. The van der Waals surface area contributed by atoms with Gasteiger partial charge in [0.15, 0.2) is 5.78 Å². The highest BCUT2D eigenvalue weighted by Crippen LogP contribution is 2.17. The molecule has 0 bridgehead atoms. The Morgan fingerprint density at radius 3 is 2.55 bits per heavy atom. The Hall–Kier alpha value is -0.670. The van der Waals surface area contributed by atoms with Crippen LogP contribution in [0.4, 0.5) is 0 Å². The van der Waals surface area contributed by atoms with E-state index < -0.39 is 22.7 Å². The van der Waals surface area contributed by atoms with E-state index >= 15 is 0 Å². The summed E-state index contributed by atoms with van der Waals surface area (Å²) in [6.07, 6.45) is 0.908. The molecule has 58 valence electrons. The summed E-state index contributed by atoms with van der Waals surface area (Å²) in [5, 5.41) is 5.60. The summed E-state index contributed by atoms with van der Waals surface area (Å²) in [5.41, 5.74) is -0.416. The Morgan fingerprint density at radius 1 is 1.45 bits per heavy atom. The summed E-state index contributed by atoms with van der Waals surface area (Å²) in [6.45, 7) is 0. The van der Waals surface area contributed by atoms with Crippen molar-refractivity contribution in [3.05, 3.63) is 11.1 Å². The first-order valence-electron chi connectivity index (χ1n) is 2.72. The average molecular weight is 192 g/mol. The summed E-state index contributed by atoms with van der Waals surface area (Å²) in [7, 11) is 0. The van der Waals surface area contributed by atoms with Gasteiger partial charge in [-0.2, -0.15) is 0 Å². The summed E-state index contributed by atoms with van der Waals surface area (Å²) in [6, 6.07) is 0. The van der Waals surface area contributed by atoms with Crippen LogP contribution in [0.1, 0.15) is 0 Å². The first-order chi connectivity index (χ1) is 5.04. The van der Waals surface area contributed by atoms with Crippen LogP contribution in [0.3, 0.4) is 0 Å². The summed E-state index contributed by atoms with van der Waals surface area (Å²) >= 11 is 10.7. The maximum Gasteiger partial charge on any atom is 0.202 e. The van der Waals surface area contributed by atoms with Crippen LogP contribution in [-0.4, -0.2) is 22.7 Å². The molecule has 0 aromatic heterocycles. The van der Waals surface area contributed by atoms with E-state index in [-0.39, 0.29) is 5.03 Å². The molecule has 0 saturated heterocycles. The second-order valence-corrected chi connectivity index (χ2v) is 2.84. The lowest BCUT2D eigenvalue weighted by Gasteiger charge is -2.11. The third-order valence-corrected chi connectivity index (χ3v) is 1.95. The minimum atomic E-state index is -1.21. The molecule has 0 aromatic carbocycles. The third kappa shape index (κ3) is 1.34. The van der Waals surface area contributed by atoms with Gasteiger partial charge in [0.05, 0.1) is 5.03 Å². The number of halogens is 2. The maximum atomic E-state index is 10.9. The number of carbonyl (C=O) groups excluding carboxylic acids is 2. The highest BCUT2D eigenvalue weighted by atomic mass is 35.5. The Kier molecular flexibility index (Phi) is 2.11. The van der Waals surface area contributed by atoms with Gasteiger partial charge in [-0.1, -0.05) is 11.6 Å². The van der Waals surface area contributed by atoms with Crippen LogP contribution in [-0.2, 0) is 9.59 Å². The molecule has 0 radical (unpaired) electrons. The monoisotopic (exact) mass is 191 g/mol. The minimum Gasteiger partial charge on any atom is -0.299 e. The molecule has 1 rings (SSSR count). The fourth-order valence-electron chi connectivity index (χ4n) is 0.641. The van der Waals surface area contributed by atoms with E-state index in [0.717, 1.165) is 6.08 Å². The van der Waals surface area contributed by atoms with E-state index in [1.54, 1.807) is 0 Å². The van der Waals surface area contributed by atoms with Crippen molar-refractivity contribution in [2.75, 3.05) is 0 Å². The van der Waals surface area contributed by atoms with Crippen LogP contribution < -0.4 is 0 Å². The molecule has 1 unspecified atom stereocenters. The fourth-order valence-corrected chi connectivity index (χ4v) is 1.13. The number of nitrogens with one attached hydrogen (secondary N) is 1. The second kappa shape index (κ2) is 2.75. The highest BCUT2D eigenvalue weighted by molar-refractivity contribution is 6.66. The quantitative estimate of drug-likeness (QED) is 0.579. The topological polar surface area (TPSA) is 58.0 Å². The number of alkyl halides is 1. The molecule has 1 aliphatic rings. The van der Waals surface area contributed by atoms with Crippen molar-refractivity contribution < 1.29 is 9.59 Å². The van der Waals surface area contributed by atoms with Gasteiger partial charge in [-0.3, -0.25) is 15.0 Å². The number of allylic oxidation sites excluding steroid dienone is 2. The zero-order valence-electron chi connectivity index (χ0n) is 5.23. The van der Waals surface area contributed by atoms with E-state index in [4.69, 9.17) is 28.6 Å². The second-order valence-electron chi connectivity index (χ2n) is 2.00. The molecule has 1 atom stereocenters. The SMILES string of the molecule is N=C1C(=O)C=C(Cl)C(=O)C1Cl. The fraction of sp³-hybridized carbons (Fsp3) is 0.167. The summed E-state index contributed by atoms with van der Waals surface area (Å²) < 4.78 is 0. The Balaban J connectivity index is 3.11. The predicted octanol–water partition coefficient (Wildman–Crippen LogP) is 0.888. The molecule has 0 amide bonds. The number of ketones is 2. The first-order valence-corrected chi connectivity index (χ1v) is 3.53. The molecular weight excluding hydrogens is 189 g/mol. The number of hydrogen-bond donors (Lipinski definition) is 1.